The lowest BCUT2D eigenvalue weighted by Gasteiger charge is -2.24. The number of aromatic nitrogens is 2. The Balaban J connectivity index is 2.02. The predicted molar refractivity (Wildman–Crippen MR) is 95.7 cm³/mol. The standard InChI is InChI=1S/C19H22FN3O4/c1-11-7-8-13(20)15(9-11)23-14-6-4-5-12(14)16(22-23)17(24)21-19(2,10-27-3)18(25)26/h7-9H,4-6,10H2,1-3H3,(H,21,24)(H,25,26). The third-order valence-corrected chi connectivity index (χ3v) is 4.77. The van der Waals surface area contributed by atoms with Crippen molar-refractivity contribution in [1.29, 1.82) is 0 Å². The van der Waals surface area contributed by atoms with E-state index in [1.54, 1.807) is 12.1 Å². The number of fused-ring (bicyclic) bond motifs is 1. The summed E-state index contributed by atoms with van der Waals surface area (Å²) in [5.74, 6) is -2.25. The largest absolute Gasteiger partial charge is 0.479 e. The molecule has 2 aromatic rings. The quantitative estimate of drug-likeness (QED) is 0.806. The maximum atomic E-state index is 14.4. The lowest BCUT2D eigenvalue weighted by Crippen LogP contribution is -2.55. The number of nitrogens with one attached hydrogen (secondary N) is 1. The van der Waals surface area contributed by atoms with Crippen molar-refractivity contribution >= 4 is 11.9 Å². The number of hydrogen-bond acceptors (Lipinski definition) is 4. The first-order valence-electron chi connectivity index (χ1n) is 8.69. The maximum absolute atomic E-state index is 14.4. The molecule has 27 heavy (non-hydrogen) atoms. The molecule has 8 heteroatoms. The molecular formula is C19H22FN3O4. The predicted octanol–water partition coefficient (Wildman–Crippen LogP) is 2.03. The Morgan fingerprint density at radius 3 is 2.81 bits per heavy atom. The molecule has 7 nitrogen and oxygen atoms in total. The molecule has 0 aliphatic heterocycles. The van der Waals surface area contributed by atoms with Crippen molar-refractivity contribution in [2.24, 2.45) is 0 Å². The van der Waals surface area contributed by atoms with Crippen LogP contribution < -0.4 is 5.32 Å². The average Bonchev–Trinajstić information content (AvgIpc) is 3.19. The molecule has 0 bridgehead atoms. The summed E-state index contributed by atoms with van der Waals surface area (Å²) >= 11 is 0. The molecular weight excluding hydrogens is 353 g/mol. The Labute approximate surface area is 156 Å². The lowest BCUT2D eigenvalue weighted by atomic mass is 10.0. The van der Waals surface area contributed by atoms with Crippen LogP contribution in [-0.2, 0) is 22.4 Å². The molecule has 0 spiro atoms. The van der Waals surface area contributed by atoms with Crippen LogP contribution in [0.5, 0.6) is 0 Å². The molecule has 1 heterocycles. The van der Waals surface area contributed by atoms with E-state index >= 15 is 0 Å². The summed E-state index contributed by atoms with van der Waals surface area (Å²) in [6.45, 7) is 3.03. The van der Waals surface area contributed by atoms with Crippen LogP contribution in [0.25, 0.3) is 5.69 Å². The van der Waals surface area contributed by atoms with E-state index in [1.807, 2.05) is 6.92 Å². The first kappa shape index (κ1) is 19.0. The van der Waals surface area contributed by atoms with Crippen molar-refractivity contribution in [3.63, 3.8) is 0 Å². The third kappa shape index (κ3) is 3.44. The van der Waals surface area contributed by atoms with Gasteiger partial charge in [-0.05, 0) is 50.8 Å². The summed E-state index contributed by atoms with van der Waals surface area (Å²) in [6, 6.07) is 4.71. The van der Waals surface area contributed by atoms with Gasteiger partial charge in [0.05, 0.1) is 6.61 Å². The second-order valence-corrected chi connectivity index (χ2v) is 7.02. The first-order valence-corrected chi connectivity index (χ1v) is 8.69. The number of ether oxygens (including phenoxy) is 1. The molecule has 0 fully saturated rings. The van der Waals surface area contributed by atoms with Gasteiger partial charge in [0.25, 0.3) is 5.91 Å². The summed E-state index contributed by atoms with van der Waals surface area (Å²) in [5.41, 5.74) is 1.22. The molecule has 1 aliphatic rings. The molecule has 2 N–H and O–H groups in total. The zero-order valence-corrected chi connectivity index (χ0v) is 15.5. The van der Waals surface area contributed by atoms with Crippen molar-refractivity contribution in [2.45, 2.75) is 38.6 Å². The van der Waals surface area contributed by atoms with Crippen LogP contribution in [0, 0.1) is 12.7 Å². The smallest absolute Gasteiger partial charge is 0.331 e. The average molecular weight is 375 g/mol. The minimum Gasteiger partial charge on any atom is -0.479 e. The van der Waals surface area contributed by atoms with Crippen molar-refractivity contribution in [2.75, 3.05) is 13.7 Å². The number of methoxy groups -OCH3 is 1. The summed E-state index contributed by atoms with van der Waals surface area (Å²) < 4.78 is 20.8. The van der Waals surface area contributed by atoms with E-state index in [1.165, 1.54) is 24.8 Å². The first-order chi connectivity index (χ1) is 12.8. The summed E-state index contributed by atoms with van der Waals surface area (Å²) in [6.07, 6.45) is 2.14. The van der Waals surface area contributed by atoms with Crippen LogP contribution in [0.15, 0.2) is 18.2 Å². The van der Waals surface area contributed by atoms with Gasteiger partial charge in [0.1, 0.15) is 11.5 Å². The lowest BCUT2D eigenvalue weighted by molar-refractivity contribution is -0.145. The third-order valence-electron chi connectivity index (χ3n) is 4.77. The van der Waals surface area contributed by atoms with Gasteiger partial charge in [-0.2, -0.15) is 5.10 Å². The zero-order chi connectivity index (χ0) is 19.8. The fourth-order valence-electron chi connectivity index (χ4n) is 3.35. The van der Waals surface area contributed by atoms with Crippen LogP contribution in [0.1, 0.15) is 40.7 Å². The minimum absolute atomic E-state index is 0.131. The van der Waals surface area contributed by atoms with Crippen LogP contribution in [0.3, 0.4) is 0 Å². The van der Waals surface area contributed by atoms with Crippen molar-refractivity contribution in [3.8, 4) is 5.69 Å². The van der Waals surface area contributed by atoms with Crippen LogP contribution in [0.2, 0.25) is 0 Å². The van der Waals surface area contributed by atoms with E-state index in [0.29, 0.717) is 12.8 Å². The number of amides is 1. The van der Waals surface area contributed by atoms with Crippen molar-refractivity contribution < 1.29 is 23.8 Å². The Bertz CT molecular complexity index is 909. The molecule has 1 amide bonds. The van der Waals surface area contributed by atoms with Crippen LogP contribution >= 0.6 is 0 Å². The number of nitrogens with zero attached hydrogens (tertiary/aromatic N) is 2. The molecule has 1 aliphatic carbocycles. The Hall–Kier alpha value is -2.74. The van der Waals surface area contributed by atoms with Crippen molar-refractivity contribution in [1.82, 2.24) is 15.1 Å². The van der Waals surface area contributed by atoms with E-state index in [-0.39, 0.29) is 18.0 Å². The molecule has 1 aromatic carbocycles. The molecule has 144 valence electrons. The second kappa shape index (κ2) is 7.11. The second-order valence-electron chi connectivity index (χ2n) is 7.02. The van der Waals surface area contributed by atoms with Gasteiger partial charge in [-0.3, -0.25) is 4.79 Å². The highest BCUT2D eigenvalue weighted by atomic mass is 19.1. The monoisotopic (exact) mass is 375 g/mol. The van der Waals surface area contributed by atoms with Crippen molar-refractivity contribution in [3.05, 3.63) is 46.5 Å². The number of aryl methyl sites for hydroxylation is 1. The van der Waals surface area contributed by atoms with Gasteiger partial charge >= 0.3 is 5.97 Å². The molecule has 0 radical (unpaired) electrons. The van der Waals surface area contributed by atoms with Gasteiger partial charge in [-0.15, -0.1) is 0 Å². The number of rotatable bonds is 6. The van der Waals surface area contributed by atoms with Gasteiger partial charge in [0, 0.05) is 18.4 Å². The molecule has 1 aromatic heterocycles. The van der Waals surface area contributed by atoms with Gasteiger partial charge in [0.2, 0.25) is 0 Å². The zero-order valence-electron chi connectivity index (χ0n) is 15.5. The SMILES string of the molecule is COCC(C)(NC(=O)c1nn(-c2cc(C)ccc2F)c2c1CCC2)C(=O)O. The number of carboxylic acids is 1. The van der Waals surface area contributed by atoms with E-state index in [9.17, 15) is 19.1 Å². The summed E-state index contributed by atoms with van der Waals surface area (Å²) in [4.78, 5) is 24.3. The molecule has 1 atom stereocenters. The summed E-state index contributed by atoms with van der Waals surface area (Å²) in [5, 5.41) is 16.3. The Morgan fingerprint density at radius 2 is 2.15 bits per heavy atom. The Morgan fingerprint density at radius 1 is 1.41 bits per heavy atom. The molecule has 3 rings (SSSR count). The molecule has 0 saturated heterocycles. The van der Waals surface area contributed by atoms with Gasteiger partial charge < -0.3 is 15.2 Å². The number of aliphatic carboxylic acids is 1. The number of carbonyl (C=O) groups is 2. The van der Waals surface area contributed by atoms with E-state index in [2.05, 4.69) is 10.4 Å². The van der Waals surface area contributed by atoms with E-state index in [0.717, 1.165) is 23.2 Å². The molecule has 1 unspecified atom stereocenters. The normalized spacial score (nSPS) is 15.3. The number of carboxylic acid groups (broad SMARTS) is 1. The Kier molecular flexibility index (Phi) is 5.01. The highest BCUT2D eigenvalue weighted by Gasteiger charge is 2.37. The minimum atomic E-state index is -1.59. The number of hydrogen-bond donors (Lipinski definition) is 2. The van der Waals surface area contributed by atoms with Gasteiger partial charge in [-0.1, -0.05) is 6.07 Å². The topological polar surface area (TPSA) is 93.5 Å². The fourth-order valence-corrected chi connectivity index (χ4v) is 3.35. The van der Waals surface area contributed by atoms with E-state index in [4.69, 9.17) is 4.74 Å². The fraction of sp³-hybridized carbons (Fsp3) is 0.421. The number of benzene rings is 1. The van der Waals surface area contributed by atoms with Gasteiger partial charge in [0.15, 0.2) is 11.2 Å². The van der Waals surface area contributed by atoms with Gasteiger partial charge in [-0.25, -0.2) is 13.9 Å². The highest BCUT2D eigenvalue weighted by molar-refractivity contribution is 5.97. The highest BCUT2D eigenvalue weighted by Crippen LogP contribution is 2.29. The number of halogens is 1. The van der Waals surface area contributed by atoms with Crippen LogP contribution in [0.4, 0.5) is 4.39 Å². The van der Waals surface area contributed by atoms with Crippen LogP contribution in [-0.4, -0.2) is 46.0 Å². The summed E-state index contributed by atoms with van der Waals surface area (Å²) in [7, 11) is 1.36. The maximum Gasteiger partial charge on any atom is 0.331 e. The van der Waals surface area contributed by atoms with E-state index < -0.39 is 23.2 Å². The molecule has 0 saturated carbocycles. The number of carbonyl (C=O) groups excluding carboxylic acids is 1.